The van der Waals surface area contributed by atoms with Crippen LogP contribution in [-0.4, -0.2) is 25.0 Å². The maximum absolute atomic E-state index is 13.7. The Morgan fingerprint density at radius 2 is 1.95 bits per heavy atom. The van der Waals surface area contributed by atoms with E-state index in [4.69, 9.17) is 5.73 Å². The van der Waals surface area contributed by atoms with Crippen molar-refractivity contribution in [2.45, 2.75) is 31.7 Å². The van der Waals surface area contributed by atoms with Gasteiger partial charge >= 0.3 is 5.97 Å². The number of hydrogen-bond donors (Lipinski definition) is 2. The van der Waals surface area contributed by atoms with Gasteiger partial charge in [0.05, 0.1) is 18.4 Å². The third kappa shape index (κ3) is 3.78. The van der Waals surface area contributed by atoms with Crippen LogP contribution in [0.3, 0.4) is 0 Å². The lowest BCUT2D eigenvalue weighted by Gasteiger charge is -2.25. The first kappa shape index (κ1) is 15.4. The second kappa shape index (κ2) is 6.67. The van der Waals surface area contributed by atoms with Gasteiger partial charge in [-0.1, -0.05) is 0 Å². The first-order valence-corrected chi connectivity index (χ1v) is 6.95. The summed E-state index contributed by atoms with van der Waals surface area (Å²) >= 11 is 0. The lowest BCUT2D eigenvalue weighted by Crippen LogP contribution is -2.32. The van der Waals surface area contributed by atoms with Crippen LogP contribution in [0, 0.1) is 11.7 Å². The molecule has 1 fully saturated rings. The molecule has 21 heavy (non-hydrogen) atoms. The van der Waals surface area contributed by atoms with Crippen molar-refractivity contribution in [3.63, 3.8) is 0 Å². The zero-order chi connectivity index (χ0) is 15.4. The Bertz CT molecular complexity index is 540. The molecule has 5 nitrogen and oxygen atoms in total. The first-order chi connectivity index (χ1) is 10.0. The van der Waals surface area contributed by atoms with E-state index in [-0.39, 0.29) is 29.1 Å². The van der Waals surface area contributed by atoms with Crippen LogP contribution in [0.2, 0.25) is 0 Å². The summed E-state index contributed by atoms with van der Waals surface area (Å²) in [5, 5.41) is 2.55. The summed E-state index contributed by atoms with van der Waals surface area (Å²) in [6, 6.07) is 3.89. The third-order valence-corrected chi connectivity index (χ3v) is 3.79. The number of halogens is 1. The van der Waals surface area contributed by atoms with Crippen LogP contribution in [0.4, 0.5) is 10.1 Å². The highest BCUT2D eigenvalue weighted by Crippen LogP contribution is 2.25. The molecule has 1 aliphatic rings. The van der Waals surface area contributed by atoms with Gasteiger partial charge in [0.25, 0.3) is 0 Å². The Balaban J connectivity index is 2.08. The van der Waals surface area contributed by atoms with E-state index < -0.39 is 11.8 Å². The number of amides is 1. The summed E-state index contributed by atoms with van der Waals surface area (Å²) in [6.07, 6.45) is 2.99. The Hall–Kier alpha value is -1.95. The van der Waals surface area contributed by atoms with Gasteiger partial charge in [0, 0.05) is 12.0 Å². The van der Waals surface area contributed by atoms with Crippen LogP contribution in [0.1, 0.15) is 36.0 Å². The lowest BCUT2D eigenvalue weighted by atomic mass is 9.86. The van der Waals surface area contributed by atoms with Crippen LogP contribution < -0.4 is 11.1 Å². The molecular weight excluding hydrogens is 275 g/mol. The lowest BCUT2D eigenvalue weighted by molar-refractivity contribution is -0.120. The topological polar surface area (TPSA) is 81.4 Å². The minimum Gasteiger partial charge on any atom is -0.465 e. The molecule has 0 radical (unpaired) electrons. The van der Waals surface area contributed by atoms with E-state index >= 15 is 0 Å². The second-order valence-corrected chi connectivity index (χ2v) is 5.29. The maximum Gasteiger partial charge on any atom is 0.337 e. The van der Waals surface area contributed by atoms with Gasteiger partial charge in [-0.05, 0) is 43.9 Å². The highest BCUT2D eigenvalue weighted by Gasteiger charge is 2.25. The van der Waals surface area contributed by atoms with E-state index in [1.54, 1.807) is 0 Å². The summed E-state index contributed by atoms with van der Waals surface area (Å²) in [4.78, 5) is 23.6. The molecule has 1 aromatic rings. The summed E-state index contributed by atoms with van der Waals surface area (Å²) < 4.78 is 18.3. The van der Waals surface area contributed by atoms with Crippen LogP contribution in [0.5, 0.6) is 0 Å². The molecule has 0 aliphatic heterocycles. The number of carbonyl (C=O) groups is 2. The number of hydrogen-bond acceptors (Lipinski definition) is 4. The summed E-state index contributed by atoms with van der Waals surface area (Å²) in [6.45, 7) is 0. The number of benzene rings is 1. The number of nitrogens with one attached hydrogen (secondary N) is 1. The highest BCUT2D eigenvalue weighted by molar-refractivity contribution is 5.95. The first-order valence-electron chi connectivity index (χ1n) is 6.95. The fourth-order valence-electron chi connectivity index (χ4n) is 2.48. The van der Waals surface area contributed by atoms with Crippen molar-refractivity contribution in [1.29, 1.82) is 0 Å². The highest BCUT2D eigenvalue weighted by atomic mass is 19.1. The Kier molecular flexibility index (Phi) is 4.90. The Morgan fingerprint density at radius 3 is 2.57 bits per heavy atom. The molecule has 0 spiro atoms. The molecule has 1 amide bonds. The minimum absolute atomic E-state index is 0.00206. The predicted octanol–water partition coefficient (Wildman–Crippen LogP) is 2.07. The van der Waals surface area contributed by atoms with E-state index in [2.05, 4.69) is 10.1 Å². The number of rotatable bonds is 3. The molecule has 0 bridgehead atoms. The smallest absolute Gasteiger partial charge is 0.337 e. The number of anilines is 1. The Labute approximate surface area is 122 Å². The Morgan fingerprint density at radius 1 is 1.29 bits per heavy atom. The molecule has 6 heteroatoms. The molecule has 0 heterocycles. The van der Waals surface area contributed by atoms with Crippen molar-refractivity contribution in [2.75, 3.05) is 12.4 Å². The van der Waals surface area contributed by atoms with Gasteiger partial charge < -0.3 is 15.8 Å². The molecule has 1 saturated carbocycles. The number of methoxy groups -OCH3 is 1. The zero-order valence-corrected chi connectivity index (χ0v) is 11.9. The molecule has 1 aliphatic carbocycles. The van der Waals surface area contributed by atoms with Crippen LogP contribution in [0.15, 0.2) is 18.2 Å². The van der Waals surface area contributed by atoms with Crippen molar-refractivity contribution in [2.24, 2.45) is 11.7 Å². The van der Waals surface area contributed by atoms with Crippen molar-refractivity contribution in [3.8, 4) is 0 Å². The SMILES string of the molecule is COC(=O)c1ccc(F)c(NC(=O)C2CCC(N)CC2)c1. The summed E-state index contributed by atoms with van der Waals surface area (Å²) in [5.41, 5.74) is 5.99. The molecule has 0 aromatic heterocycles. The second-order valence-electron chi connectivity index (χ2n) is 5.29. The number of nitrogens with two attached hydrogens (primary N) is 1. The van der Waals surface area contributed by atoms with E-state index in [9.17, 15) is 14.0 Å². The van der Waals surface area contributed by atoms with Crippen molar-refractivity contribution in [3.05, 3.63) is 29.6 Å². The van der Waals surface area contributed by atoms with Crippen molar-refractivity contribution in [1.82, 2.24) is 0 Å². The maximum atomic E-state index is 13.7. The summed E-state index contributed by atoms with van der Waals surface area (Å²) in [7, 11) is 1.25. The molecule has 2 rings (SSSR count). The van der Waals surface area contributed by atoms with Crippen LogP contribution in [0.25, 0.3) is 0 Å². The molecular formula is C15H19FN2O3. The molecule has 1 aromatic carbocycles. The summed E-state index contributed by atoms with van der Waals surface area (Å²) in [5.74, 6) is -1.55. The van der Waals surface area contributed by atoms with E-state index in [1.807, 2.05) is 0 Å². The third-order valence-electron chi connectivity index (χ3n) is 3.79. The zero-order valence-electron chi connectivity index (χ0n) is 11.9. The number of carbonyl (C=O) groups excluding carboxylic acids is 2. The van der Waals surface area contributed by atoms with Gasteiger partial charge in [0.1, 0.15) is 5.82 Å². The number of ether oxygens (including phenoxy) is 1. The van der Waals surface area contributed by atoms with E-state index in [1.165, 1.54) is 19.2 Å². The quantitative estimate of drug-likeness (QED) is 0.836. The largest absolute Gasteiger partial charge is 0.465 e. The van der Waals surface area contributed by atoms with E-state index in [0.717, 1.165) is 18.9 Å². The molecule has 3 N–H and O–H groups in total. The molecule has 114 valence electrons. The average Bonchev–Trinajstić information content (AvgIpc) is 2.49. The standard InChI is InChI=1S/C15H19FN2O3/c1-21-15(20)10-4-7-12(16)13(8-10)18-14(19)9-2-5-11(17)6-3-9/h4,7-9,11H,2-3,5-6,17H2,1H3,(H,18,19). The van der Waals surface area contributed by atoms with E-state index in [0.29, 0.717) is 12.8 Å². The fraction of sp³-hybridized carbons (Fsp3) is 0.467. The van der Waals surface area contributed by atoms with Crippen LogP contribution >= 0.6 is 0 Å². The van der Waals surface area contributed by atoms with Crippen LogP contribution in [-0.2, 0) is 9.53 Å². The van der Waals surface area contributed by atoms with Gasteiger partial charge in [0.2, 0.25) is 5.91 Å². The van der Waals surface area contributed by atoms with Gasteiger partial charge in [-0.3, -0.25) is 4.79 Å². The normalized spacial score (nSPS) is 21.7. The molecule has 0 unspecified atom stereocenters. The van der Waals surface area contributed by atoms with Gasteiger partial charge in [-0.2, -0.15) is 0 Å². The van der Waals surface area contributed by atoms with Crippen molar-refractivity contribution >= 4 is 17.6 Å². The predicted molar refractivity (Wildman–Crippen MR) is 76.3 cm³/mol. The monoisotopic (exact) mass is 294 g/mol. The fourth-order valence-corrected chi connectivity index (χ4v) is 2.48. The molecule has 0 saturated heterocycles. The average molecular weight is 294 g/mol. The molecule has 0 atom stereocenters. The van der Waals surface area contributed by atoms with Gasteiger partial charge in [-0.15, -0.1) is 0 Å². The van der Waals surface area contributed by atoms with Gasteiger partial charge in [0.15, 0.2) is 0 Å². The van der Waals surface area contributed by atoms with Gasteiger partial charge in [-0.25, -0.2) is 9.18 Å². The number of esters is 1. The minimum atomic E-state index is -0.580. The van der Waals surface area contributed by atoms with Crippen molar-refractivity contribution < 1.29 is 18.7 Å².